The van der Waals surface area contributed by atoms with Crippen LogP contribution in [0.15, 0.2) is 24.3 Å². The van der Waals surface area contributed by atoms with E-state index in [1.54, 1.807) is 0 Å². The second kappa shape index (κ2) is 6.16. The lowest BCUT2D eigenvalue weighted by molar-refractivity contribution is 0.135. The van der Waals surface area contributed by atoms with Gasteiger partial charge in [-0.25, -0.2) is 0 Å². The summed E-state index contributed by atoms with van der Waals surface area (Å²) in [5.41, 5.74) is 7.36. The Morgan fingerprint density at radius 3 is 3.11 bits per heavy atom. The van der Waals surface area contributed by atoms with Crippen molar-refractivity contribution in [2.24, 2.45) is 11.7 Å². The first-order chi connectivity index (χ1) is 9.38. The summed E-state index contributed by atoms with van der Waals surface area (Å²) >= 11 is 2.07. The van der Waals surface area contributed by atoms with E-state index in [0.29, 0.717) is 6.04 Å². The van der Waals surface area contributed by atoms with Gasteiger partial charge in [-0.05, 0) is 29.9 Å². The first-order valence-electron chi connectivity index (χ1n) is 7.11. The highest BCUT2D eigenvalue weighted by Gasteiger charge is 2.30. The molecular weight excluding hydrogens is 256 g/mol. The quantitative estimate of drug-likeness (QED) is 0.917. The van der Waals surface area contributed by atoms with Gasteiger partial charge in [0.2, 0.25) is 0 Å². The topological polar surface area (TPSA) is 38.5 Å². The molecule has 3 nitrogen and oxygen atoms in total. The summed E-state index contributed by atoms with van der Waals surface area (Å²) in [7, 11) is 0. The normalized spacial score (nSPS) is 25.4. The predicted molar refractivity (Wildman–Crippen MR) is 80.6 cm³/mol. The molecule has 2 aliphatic heterocycles. The van der Waals surface area contributed by atoms with Gasteiger partial charge in [0.05, 0.1) is 0 Å². The Bertz CT molecular complexity index is 420. The van der Waals surface area contributed by atoms with Gasteiger partial charge in [0, 0.05) is 31.2 Å². The molecule has 2 heterocycles. The van der Waals surface area contributed by atoms with Crippen molar-refractivity contribution >= 4 is 11.8 Å². The zero-order valence-corrected chi connectivity index (χ0v) is 12.1. The van der Waals surface area contributed by atoms with Crippen LogP contribution in [0.1, 0.15) is 12.0 Å². The largest absolute Gasteiger partial charge is 0.492 e. The van der Waals surface area contributed by atoms with Crippen LogP contribution in [0.4, 0.5) is 0 Å². The van der Waals surface area contributed by atoms with Gasteiger partial charge in [0.15, 0.2) is 0 Å². The fourth-order valence-corrected chi connectivity index (χ4v) is 4.45. The van der Waals surface area contributed by atoms with Crippen molar-refractivity contribution in [2.75, 3.05) is 31.2 Å². The number of ether oxygens (including phenoxy) is 1. The number of thioether (sulfide) groups is 1. The molecule has 0 spiro atoms. The van der Waals surface area contributed by atoms with E-state index in [1.165, 1.54) is 23.5 Å². The summed E-state index contributed by atoms with van der Waals surface area (Å²) in [4.78, 5) is 2.53. The minimum atomic E-state index is 0.504. The van der Waals surface area contributed by atoms with Gasteiger partial charge in [0.1, 0.15) is 12.4 Å². The lowest BCUT2D eigenvalue weighted by Crippen LogP contribution is -2.46. The summed E-state index contributed by atoms with van der Waals surface area (Å²) in [5, 5.41) is 0. The highest BCUT2D eigenvalue weighted by molar-refractivity contribution is 7.99. The molecule has 19 heavy (non-hydrogen) atoms. The molecule has 2 N–H and O–H groups in total. The number of rotatable bonds is 3. The maximum atomic E-state index is 6.06. The Morgan fingerprint density at radius 1 is 1.42 bits per heavy atom. The monoisotopic (exact) mass is 278 g/mol. The molecular formula is C15H22N2OS. The summed E-state index contributed by atoms with van der Waals surface area (Å²) in [6.45, 7) is 3.48. The molecule has 0 amide bonds. The Morgan fingerprint density at radius 2 is 2.32 bits per heavy atom. The molecule has 0 bridgehead atoms. The van der Waals surface area contributed by atoms with Gasteiger partial charge in [-0.2, -0.15) is 11.8 Å². The standard InChI is InChI=1S/C15H22N2OS/c16-9-14(13-5-8-19-11-13)17-6-7-18-15-4-2-1-3-12(15)10-17/h1-4,13-14H,5-11,16H2. The van der Waals surface area contributed by atoms with E-state index in [0.717, 1.165) is 37.9 Å². The van der Waals surface area contributed by atoms with E-state index in [1.807, 2.05) is 6.07 Å². The van der Waals surface area contributed by atoms with Gasteiger partial charge < -0.3 is 10.5 Å². The average molecular weight is 278 g/mol. The van der Waals surface area contributed by atoms with Crippen LogP contribution in [0.2, 0.25) is 0 Å². The van der Waals surface area contributed by atoms with Crippen molar-refractivity contribution in [1.29, 1.82) is 0 Å². The van der Waals surface area contributed by atoms with Crippen molar-refractivity contribution in [2.45, 2.75) is 19.0 Å². The molecule has 0 aromatic heterocycles. The molecule has 1 fully saturated rings. The van der Waals surface area contributed by atoms with Crippen molar-refractivity contribution < 1.29 is 4.74 Å². The van der Waals surface area contributed by atoms with Gasteiger partial charge in [0.25, 0.3) is 0 Å². The minimum absolute atomic E-state index is 0.504. The van der Waals surface area contributed by atoms with Crippen LogP contribution in [0, 0.1) is 5.92 Å². The number of para-hydroxylation sites is 1. The summed E-state index contributed by atoms with van der Waals surface area (Å²) in [5.74, 6) is 4.35. The van der Waals surface area contributed by atoms with Crippen molar-refractivity contribution in [3.63, 3.8) is 0 Å². The zero-order chi connectivity index (χ0) is 13.1. The van der Waals surface area contributed by atoms with Crippen molar-refractivity contribution in [3.05, 3.63) is 29.8 Å². The molecule has 1 saturated heterocycles. The zero-order valence-electron chi connectivity index (χ0n) is 11.3. The van der Waals surface area contributed by atoms with E-state index in [2.05, 4.69) is 34.9 Å². The lowest BCUT2D eigenvalue weighted by atomic mass is 9.97. The lowest BCUT2D eigenvalue weighted by Gasteiger charge is -2.33. The fourth-order valence-electron chi connectivity index (χ4n) is 3.12. The molecule has 0 saturated carbocycles. The maximum absolute atomic E-state index is 6.06. The van der Waals surface area contributed by atoms with E-state index >= 15 is 0 Å². The second-order valence-corrected chi connectivity index (χ2v) is 6.50. The number of hydrogen-bond acceptors (Lipinski definition) is 4. The van der Waals surface area contributed by atoms with Crippen LogP contribution in [0.5, 0.6) is 5.75 Å². The van der Waals surface area contributed by atoms with Crippen molar-refractivity contribution in [3.8, 4) is 5.75 Å². The first-order valence-corrected chi connectivity index (χ1v) is 8.26. The number of benzene rings is 1. The van der Waals surface area contributed by atoms with Gasteiger partial charge in [-0.1, -0.05) is 18.2 Å². The average Bonchev–Trinajstić information content (AvgIpc) is 2.87. The first kappa shape index (κ1) is 13.3. The van der Waals surface area contributed by atoms with Crippen LogP contribution in [0.3, 0.4) is 0 Å². The van der Waals surface area contributed by atoms with Crippen LogP contribution >= 0.6 is 11.8 Å². The molecule has 2 unspecified atom stereocenters. The van der Waals surface area contributed by atoms with Gasteiger partial charge in [-0.15, -0.1) is 0 Å². The molecule has 1 aromatic rings. The van der Waals surface area contributed by atoms with E-state index < -0.39 is 0 Å². The number of nitrogens with two attached hydrogens (primary N) is 1. The third-order valence-electron chi connectivity index (χ3n) is 4.20. The van der Waals surface area contributed by atoms with Gasteiger partial charge in [-0.3, -0.25) is 4.90 Å². The second-order valence-electron chi connectivity index (χ2n) is 5.35. The smallest absolute Gasteiger partial charge is 0.123 e. The third kappa shape index (κ3) is 2.91. The van der Waals surface area contributed by atoms with E-state index in [-0.39, 0.29) is 0 Å². The third-order valence-corrected chi connectivity index (χ3v) is 5.39. The highest BCUT2D eigenvalue weighted by atomic mass is 32.2. The molecule has 1 aromatic carbocycles. The molecule has 104 valence electrons. The van der Waals surface area contributed by atoms with E-state index in [4.69, 9.17) is 10.5 Å². The SMILES string of the molecule is NCC(C1CCSC1)N1CCOc2ccccc2C1. The summed E-state index contributed by atoms with van der Waals surface area (Å²) < 4.78 is 5.85. The molecule has 2 atom stereocenters. The molecule has 3 rings (SSSR count). The van der Waals surface area contributed by atoms with Crippen LogP contribution in [0.25, 0.3) is 0 Å². The highest BCUT2D eigenvalue weighted by Crippen LogP contribution is 2.31. The van der Waals surface area contributed by atoms with Crippen LogP contribution in [-0.2, 0) is 6.54 Å². The van der Waals surface area contributed by atoms with Crippen molar-refractivity contribution in [1.82, 2.24) is 4.90 Å². The van der Waals surface area contributed by atoms with Crippen LogP contribution in [-0.4, -0.2) is 42.1 Å². The fraction of sp³-hybridized carbons (Fsp3) is 0.600. The minimum Gasteiger partial charge on any atom is -0.492 e. The molecule has 2 aliphatic rings. The Labute approximate surface area is 119 Å². The number of fused-ring (bicyclic) bond motifs is 1. The van der Waals surface area contributed by atoms with E-state index in [9.17, 15) is 0 Å². The summed E-state index contributed by atoms with van der Waals surface area (Å²) in [6, 6.07) is 8.88. The number of hydrogen-bond donors (Lipinski definition) is 1. The van der Waals surface area contributed by atoms with Crippen LogP contribution < -0.4 is 10.5 Å². The summed E-state index contributed by atoms with van der Waals surface area (Å²) in [6.07, 6.45) is 1.31. The Balaban J connectivity index is 1.77. The molecule has 0 radical (unpaired) electrons. The van der Waals surface area contributed by atoms with Gasteiger partial charge >= 0.3 is 0 Å². The number of nitrogens with zero attached hydrogens (tertiary/aromatic N) is 1. The Kier molecular flexibility index (Phi) is 4.31. The predicted octanol–water partition coefficient (Wildman–Crippen LogP) is 1.96. The Hall–Kier alpha value is -0.710. The molecule has 4 heteroatoms. The molecule has 0 aliphatic carbocycles. The maximum Gasteiger partial charge on any atom is 0.123 e.